The molecule has 2 aromatic rings. The number of likely N-dealkylation sites (tertiary alicyclic amines) is 1. The number of hydrogen-bond donors (Lipinski definition) is 1. The van der Waals surface area contributed by atoms with Crippen LogP contribution in [0, 0.1) is 11.8 Å². The molecule has 146 valence electrons. The first-order chi connectivity index (χ1) is 13.0. The lowest BCUT2D eigenvalue weighted by atomic mass is 9.97. The van der Waals surface area contributed by atoms with Gasteiger partial charge < -0.3 is 14.7 Å². The maximum atomic E-state index is 11.8. The third-order valence-corrected chi connectivity index (χ3v) is 6.24. The van der Waals surface area contributed by atoms with Gasteiger partial charge in [-0.2, -0.15) is 0 Å². The van der Waals surface area contributed by atoms with Crippen molar-refractivity contribution in [3.8, 4) is 5.75 Å². The number of carbonyl (C=O) groups excluding carboxylic acids is 1. The summed E-state index contributed by atoms with van der Waals surface area (Å²) < 4.78 is 8.89. The largest absolute Gasteiger partial charge is 0.492 e. The van der Waals surface area contributed by atoms with Crippen molar-refractivity contribution in [1.82, 2.24) is 19.9 Å². The van der Waals surface area contributed by atoms with Crippen LogP contribution in [-0.2, 0) is 11.3 Å². The molecule has 7 nitrogen and oxygen atoms in total. The summed E-state index contributed by atoms with van der Waals surface area (Å²) in [6, 6.07) is 4.01. The number of hydrogen-bond acceptors (Lipinski definition) is 5. The van der Waals surface area contributed by atoms with Crippen LogP contribution in [0.25, 0.3) is 11.0 Å². The van der Waals surface area contributed by atoms with E-state index in [0.29, 0.717) is 25.6 Å². The van der Waals surface area contributed by atoms with E-state index in [0.717, 1.165) is 46.6 Å². The highest BCUT2D eigenvalue weighted by Crippen LogP contribution is 2.35. The fourth-order valence-corrected chi connectivity index (χ4v) is 4.10. The number of rotatable bonds is 6. The predicted molar refractivity (Wildman–Crippen MR) is 104 cm³/mol. The molecule has 1 saturated carbocycles. The lowest BCUT2D eigenvalue weighted by Crippen LogP contribution is -2.43. The second-order valence-corrected chi connectivity index (χ2v) is 8.51. The molecule has 1 atom stereocenters. The number of amides is 1. The van der Waals surface area contributed by atoms with Gasteiger partial charge in [0.15, 0.2) is 0 Å². The van der Waals surface area contributed by atoms with E-state index in [4.69, 9.17) is 4.74 Å². The average molecular weight is 437 g/mol. The van der Waals surface area contributed by atoms with Crippen molar-refractivity contribution in [1.29, 1.82) is 0 Å². The minimum atomic E-state index is -0.922. The zero-order valence-electron chi connectivity index (χ0n) is 15.5. The molecule has 2 heterocycles. The number of aliphatic hydroxyl groups excluding tert-OH is 1. The maximum Gasteiger partial charge on any atom is 0.251 e. The Bertz CT molecular complexity index is 826. The lowest BCUT2D eigenvalue weighted by Gasteiger charge is -2.32. The predicted octanol–water partition coefficient (Wildman–Crippen LogP) is 2.60. The number of carbonyl (C=O) groups is 1. The van der Waals surface area contributed by atoms with Gasteiger partial charge in [-0.25, -0.2) is 4.68 Å². The number of nitrogens with zero attached hydrogens (tertiary/aromatic N) is 4. The Balaban J connectivity index is 1.35. The van der Waals surface area contributed by atoms with Crippen LogP contribution in [0.4, 0.5) is 0 Å². The van der Waals surface area contributed by atoms with Crippen molar-refractivity contribution in [3.63, 3.8) is 0 Å². The summed E-state index contributed by atoms with van der Waals surface area (Å²) in [5.74, 6) is 1.74. The molecule has 0 radical (unpaired) electrons. The summed E-state index contributed by atoms with van der Waals surface area (Å²) in [5, 5.41) is 18.0. The van der Waals surface area contributed by atoms with Gasteiger partial charge in [0.05, 0.1) is 16.6 Å². The third kappa shape index (κ3) is 4.11. The third-order valence-electron chi connectivity index (χ3n) is 5.48. The Hall–Kier alpha value is -1.67. The highest BCUT2D eigenvalue weighted by molar-refractivity contribution is 9.10. The Kier molecular flexibility index (Phi) is 5.36. The highest BCUT2D eigenvalue weighted by atomic mass is 79.9. The van der Waals surface area contributed by atoms with E-state index in [1.54, 1.807) is 4.90 Å². The van der Waals surface area contributed by atoms with Crippen LogP contribution in [0.3, 0.4) is 0 Å². The van der Waals surface area contributed by atoms with Crippen molar-refractivity contribution < 1.29 is 14.6 Å². The molecule has 2 fully saturated rings. The zero-order valence-corrected chi connectivity index (χ0v) is 17.1. The molecule has 1 aliphatic heterocycles. The zero-order chi connectivity index (χ0) is 19.0. The lowest BCUT2D eigenvalue weighted by molar-refractivity contribution is -0.140. The van der Waals surface area contributed by atoms with Gasteiger partial charge in [0.2, 0.25) is 0 Å². The van der Waals surface area contributed by atoms with Crippen LogP contribution in [0.5, 0.6) is 5.75 Å². The van der Waals surface area contributed by atoms with Crippen LogP contribution in [0.15, 0.2) is 16.6 Å². The van der Waals surface area contributed by atoms with Crippen molar-refractivity contribution in [3.05, 3.63) is 16.6 Å². The summed E-state index contributed by atoms with van der Waals surface area (Å²) in [5.41, 5.74) is 1.87. The molecular formula is C19H25BrN4O3. The molecule has 1 saturated heterocycles. The molecule has 1 amide bonds. The maximum absolute atomic E-state index is 11.8. The normalized spacial score (nSPS) is 19.4. The van der Waals surface area contributed by atoms with E-state index in [1.165, 1.54) is 19.8 Å². The second kappa shape index (κ2) is 7.75. The average Bonchev–Trinajstić information content (AvgIpc) is 3.39. The number of halogens is 1. The van der Waals surface area contributed by atoms with E-state index in [1.807, 2.05) is 16.8 Å². The molecule has 27 heavy (non-hydrogen) atoms. The summed E-state index contributed by atoms with van der Waals surface area (Å²) >= 11 is 3.63. The fraction of sp³-hybridized carbons (Fsp3) is 0.632. The van der Waals surface area contributed by atoms with Crippen LogP contribution < -0.4 is 4.74 Å². The van der Waals surface area contributed by atoms with Gasteiger partial charge in [0.25, 0.3) is 5.91 Å². The van der Waals surface area contributed by atoms with Crippen LogP contribution >= 0.6 is 15.9 Å². The number of aromatic nitrogens is 3. The molecular weight excluding hydrogens is 412 g/mol. The Labute approximate surface area is 166 Å². The molecule has 1 aromatic carbocycles. The SMILES string of the molecule is C[C@H](O)C(=O)N1CCC(COc2ccc3c(nnn3CC3CC3)c2Br)CC1. The minimum absolute atomic E-state index is 0.183. The topological polar surface area (TPSA) is 80.5 Å². The first kappa shape index (κ1) is 18.7. The standard InChI is InChI=1S/C19H25BrN4O3/c1-12(25)19(26)23-8-6-14(7-9-23)11-27-16-5-4-15-18(17(16)20)21-22-24(15)10-13-2-3-13/h4-5,12-14,25H,2-3,6-11H2,1H3/t12-/m0/s1. The van der Waals surface area contributed by atoms with E-state index in [9.17, 15) is 9.90 Å². The van der Waals surface area contributed by atoms with Crippen molar-refractivity contribution >= 4 is 32.9 Å². The number of ether oxygens (including phenoxy) is 1. The van der Waals surface area contributed by atoms with E-state index >= 15 is 0 Å². The van der Waals surface area contributed by atoms with Gasteiger partial charge in [-0.1, -0.05) is 5.21 Å². The number of benzene rings is 1. The summed E-state index contributed by atoms with van der Waals surface area (Å²) in [6.07, 6.45) is 3.41. The van der Waals surface area contributed by atoms with E-state index < -0.39 is 6.10 Å². The second-order valence-electron chi connectivity index (χ2n) is 7.72. The Morgan fingerprint density at radius 3 is 2.70 bits per heavy atom. The molecule has 0 unspecified atom stereocenters. The van der Waals surface area contributed by atoms with Gasteiger partial charge in [-0.05, 0) is 72.5 Å². The molecule has 8 heteroatoms. The minimum Gasteiger partial charge on any atom is -0.492 e. The van der Waals surface area contributed by atoms with Crippen LogP contribution in [0.2, 0.25) is 0 Å². The fourth-order valence-electron chi connectivity index (χ4n) is 3.57. The van der Waals surface area contributed by atoms with Crippen LogP contribution in [0.1, 0.15) is 32.6 Å². The summed E-state index contributed by atoms with van der Waals surface area (Å²) in [6.45, 7) is 4.41. The molecule has 1 aromatic heterocycles. The van der Waals surface area contributed by atoms with E-state index in [2.05, 4.69) is 26.2 Å². The molecule has 0 bridgehead atoms. The number of aliphatic hydroxyl groups is 1. The van der Waals surface area contributed by atoms with Gasteiger partial charge in [0, 0.05) is 19.6 Å². The van der Waals surface area contributed by atoms with E-state index in [-0.39, 0.29) is 5.91 Å². The van der Waals surface area contributed by atoms with Gasteiger partial charge >= 0.3 is 0 Å². The molecule has 2 aliphatic rings. The van der Waals surface area contributed by atoms with Crippen molar-refractivity contribution in [2.24, 2.45) is 11.8 Å². The molecule has 1 aliphatic carbocycles. The quantitative estimate of drug-likeness (QED) is 0.752. The highest BCUT2D eigenvalue weighted by Gasteiger charge is 2.26. The van der Waals surface area contributed by atoms with Gasteiger partial charge in [0.1, 0.15) is 17.4 Å². The Morgan fingerprint density at radius 1 is 1.30 bits per heavy atom. The van der Waals surface area contributed by atoms with Gasteiger partial charge in [-0.3, -0.25) is 4.79 Å². The number of piperidine rings is 1. The van der Waals surface area contributed by atoms with Crippen molar-refractivity contribution in [2.45, 2.75) is 45.3 Å². The number of fused-ring (bicyclic) bond motifs is 1. The first-order valence-corrected chi connectivity index (χ1v) is 10.4. The van der Waals surface area contributed by atoms with Crippen molar-refractivity contribution in [2.75, 3.05) is 19.7 Å². The monoisotopic (exact) mass is 436 g/mol. The smallest absolute Gasteiger partial charge is 0.251 e. The van der Waals surface area contributed by atoms with Gasteiger partial charge in [-0.15, -0.1) is 5.10 Å². The summed E-state index contributed by atoms with van der Waals surface area (Å²) in [7, 11) is 0. The Morgan fingerprint density at radius 2 is 2.04 bits per heavy atom. The van der Waals surface area contributed by atoms with Crippen LogP contribution in [-0.4, -0.2) is 56.7 Å². The molecule has 4 rings (SSSR count). The summed E-state index contributed by atoms with van der Waals surface area (Å²) in [4.78, 5) is 13.6. The molecule has 1 N–H and O–H groups in total. The first-order valence-electron chi connectivity index (χ1n) is 9.64. The molecule has 0 spiro atoms.